The molecule has 0 aliphatic rings. The van der Waals surface area contributed by atoms with Gasteiger partial charge in [0.25, 0.3) is 0 Å². The number of aromatic nitrogens is 3. The molecule has 4 rings (SSSR count). The molecular formula is C17H15N3O4S. The molecule has 3 aromatic heterocycles. The van der Waals surface area contributed by atoms with Crippen molar-refractivity contribution < 1.29 is 14.3 Å². The van der Waals surface area contributed by atoms with E-state index in [0.717, 1.165) is 22.6 Å². The van der Waals surface area contributed by atoms with Gasteiger partial charge in [-0.2, -0.15) is 0 Å². The molecule has 4 aromatic rings. The lowest BCUT2D eigenvalue weighted by atomic mass is 10.1. The summed E-state index contributed by atoms with van der Waals surface area (Å²) in [6, 6.07) is 5.44. The molecule has 1 aromatic carbocycles. The van der Waals surface area contributed by atoms with Crippen LogP contribution in [0.1, 0.15) is 34.9 Å². The Labute approximate surface area is 145 Å². The Hall–Kier alpha value is -2.87. The lowest BCUT2D eigenvalue weighted by molar-refractivity contribution is 0.0700. The van der Waals surface area contributed by atoms with Gasteiger partial charge in [-0.1, -0.05) is 31.3 Å². The molecule has 0 spiro atoms. The van der Waals surface area contributed by atoms with Crippen molar-refractivity contribution in [2.45, 2.75) is 26.7 Å². The molecule has 7 nitrogen and oxygen atoms in total. The van der Waals surface area contributed by atoms with Gasteiger partial charge in [0.1, 0.15) is 4.88 Å². The summed E-state index contributed by atoms with van der Waals surface area (Å²) < 4.78 is 7.08. The van der Waals surface area contributed by atoms with Crippen LogP contribution in [0, 0.1) is 0 Å². The minimum Gasteiger partial charge on any atom is -0.477 e. The maximum absolute atomic E-state index is 11.5. The molecule has 0 saturated carbocycles. The first-order chi connectivity index (χ1) is 12.0. The van der Waals surface area contributed by atoms with Gasteiger partial charge in [-0.3, -0.25) is 9.38 Å². The van der Waals surface area contributed by atoms with Crippen molar-refractivity contribution in [1.29, 1.82) is 0 Å². The third-order valence-electron chi connectivity index (χ3n) is 4.23. The number of thiazole rings is 1. The van der Waals surface area contributed by atoms with Gasteiger partial charge >= 0.3 is 11.7 Å². The number of carbonyl (C=O) groups is 1. The van der Waals surface area contributed by atoms with E-state index < -0.39 is 11.7 Å². The van der Waals surface area contributed by atoms with E-state index in [1.165, 1.54) is 11.3 Å². The molecule has 8 heteroatoms. The molecule has 0 saturated heterocycles. The largest absolute Gasteiger partial charge is 0.477 e. The molecule has 25 heavy (non-hydrogen) atoms. The Kier molecular flexibility index (Phi) is 3.50. The van der Waals surface area contributed by atoms with Crippen molar-refractivity contribution in [2.24, 2.45) is 0 Å². The minimum absolute atomic E-state index is 0.332. The van der Waals surface area contributed by atoms with Crippen LogP contribution >= 0.6 is 11.3 Å². The Morgan fingerprint density at radius 1 is 1.32 bits per heavy atom. The number of benzene rings is 1. The number of H-pyrrole nitrogens is 1. The number of aromatic carboxylic acids is 1. The van der Waals surface area contributed by atoms with E-state index in [1.807, 2.05) is 24.3 Å². The van der Waals surface area contributed by atoms with Crippen LogP contribution in [0.2, 0.25) is 0 Å². The van der Waals surface area contributed by atoms with Crippen LogP contribution in [-0.4, -0.2) is 25.4 Å². The van der Waals surface area contributed by atoms with Crippen molar-refractivity contribution in [3.05, 3.63) is 45.0 Å². The van der Waals surface area contributed by atoms with E-state index >= 15 is 0 Å². The zero-order valence-electron chi connectivity index (χ0n) is 13.6. The fourth-order valence-corrected chi connectivity index (χ4v) is 4.24. The normalized spacial score (nSPS) is 11.6. The van der Waals surface area contributed by atoms with Gasteiger partial charge < -0.3 is 9.52 Å². The van der Waals surface area contributed by atoms with Gasteiger partial charge in [0, 0.05) is 11.3 Å². The fraction of sp³-hybridized carbons (Fsp3) is 0.235. The van der Waals surface area contributed by atoms with Crippen LogP contribution in [0.5, 0.6) is 0 Å². The summed E-state index contributed by atoms with van der Waals surface area (Å²) in [4.78, 5) is 31.1. The third-order valence-corrected chi connectivity index (χ3v) is 5.30. The fourth-order valence-electron chi connectivity index (χ4n) is 3.17. The van der Waals surface area contributed by atoms with Gasteiger partial charge in [-0.25, -0.2) is 14.6 Å². The Morgan fingerprint density at radius 3 is 2.76 bits per heavy atom. The summed E-state index contributed by atoms with van der Waals surface area (Å²) in [6.45, 7) is 3.95. The number of carboxylic acids is 1. The summed E-state index contributed by atoms with van der Waals surface area (Å²) in [5.74, 6) is -1.42. The number of imidazole rings is 1. The molecule has 128 valence electrons. The molecule has 3 heterocycles. The Balaban J connectivity index is 1.98. The first kappa shape index (κ1) is 15.6. The highest BCUT2D eigenvalue weighted by molar-refractivity contribution is 7.19. The summed E-state index contributed by atoms with van der Waals surface area (Å²) >= 11 is 1.18. The maximum Gasteiger partial charge on any atom is 0.417 e. The van der Waals surface area contributed by atoms with E-state index in [0.29, 0.717) is 33.8 Å². The maximum atomic E-state index is 11.5. The lowest BCUT2D eigenvalue weighted by Crippen LogP contribution is -2.02. The average Bonchev–Trinajstić information content (AvgIpc) is 3.22. The lowest BCUT2D eigenvalue weighted by Gasteiger charge is -2.05. The standard InChI is InChI=1S/C17H15N3O4S/c1-3-10-13(8-5-6-9-12(7-8)24-17(23)18-9)19-16-20(10)11(4-2)14(25-16)15(21)22/h5-7H,3-4H2,1-2H3,(H,18,23)(H,21,22). The molecule has 0 aliphatic carbocycles. The van der Waals surface area contributed by atoms with Gasteiger partial charge in [-0.15, -0.1) is 0 Å². The number of nitrogens with one attached hydrogen (secondary N) is 1. The van der Waals surface area contributed by atoms with Crippen molar-refractivity contribution >= 4 is 33.4 Å². The van der Waals surface area contributed by atoms with Crippen LogP contribution in [0.15, 0.2) is 27.4 Å². The minimum atomic E-state index is -0.925. The second-order valence-electron chi connectivity index (χ2n) is 5.64. The molecule has 0 fully saturated rings. The second-order valence-corrected chi connectivity index (χ2v) is 6.62. The van der Waals surface area contributed by atoms with E-state index in [9.17, 15) is 14.7 Å². The number of carboxylic acid groups (broad SMARTS) is 1. The van der Waals surface area contributed by atoms with Crippen molar-refractivity contribution in [2.75, 3.05) is 0 Å². The van der Waals surface area contributed by atoms with E-state index in [4.69, 9.17) is 4.42 Å². The monoisotopic (exact) mass is 357 g/mol. The molecule has 0 atom stereocenters. The van der Waals surface area contributed by atoms with Gasteiger partial charge in [-0.05, 0) is 25.0 Å². The molecule has 0 radical (unpaired) electrons. The SMILES string of the molecule is CCc1c(-c2ccc3[nH]c(=O)oc3c2)nc2sc(C(=O)O)c(CC)n12. The molecule has 0 aliphatic heterocycles. The highest BCUT2D eigenvalue weighted by Crippen LogP contribution is 2.33. The number of oxazole rings is 1. The Bertz CT molecular complexity index is 1180. The van der Waals surface area contributed by atoms with Crippen molar-refractivity contribution in [3.63, 3.8) is 0 Å². The predicted molar refractivity (Wildman–Crippen MR) is 94.6 cm³/mol. The van der Waals surface area contributed by atoms with Crippen LogP contribution in [0.3, 0.4) is 0 Å². The molecule has 0 unspecified atom stereocenters. The third kappa shape index (κ3) is 2.29. The van der Waals surface area contributed by atoms with Crippen LogP contribution in [0.4, 0.5) is 0 Å². The number of nitrogens with zero attached hydrogens (tertiary/aromatic N) is 2. The van der Waals surface area contributed by atoms with Gasteiger partial charge in [0.15, 0.2) is 10.5 Å². The predicted octanol–water partition coefficient (Wildman–Crippen LogP) is 3.32. The van der Waals surface area contributed by atoms with Crippen LogP contribution < -0.4 is 5.76 Å². The van der Waals surface area contributed by atoms with Gasteiger partial charge in [0.2, 0.25) is 0 Å². The molecular weight excluding hydrogens is 342 g/mol. The summed E-state index contributed by atoms with van der Waals surface area (Å²) in [6.07, 6.45) is 1.31. The summed E-state index contributed by atoms with van der Waals surface area (Å²) in [7, 11) is 0. The highest BCUT2D eigenvalue weighted by Gasteiger charge is 2.23. The molecule has 2 N–H and O–H groups in total. The molecule has 0 amide bonds. The zero-order chi connectivity index (χ0) is 17.7. The van der Waals surface area contributed by atoms with E-state index in [1.54, 1.807) is 12.1 Å². The van der Waals surface area contributed by atoms with Crippen molar-refractivity contribution in [3.8, 4) is 11.3 Å². The first-order valence-corrected chi connectivity index (χ1v) is 8.74. The van der Waals surface area contributed by atoms with Crippen molar-refractivity contribution in [1.82, 2.24) is 14.4 Å². The van der Waals surface area contributed by atoms with E-state index in [2.05, 4.69) is 9.97 Å². The number of fused-ring (bicyclic) bond motifs is 2. The number of hydrogen-bond donors (Lipinski definition) is 2. The Morgan fingerprint density at radius 2 is 2.08 bits per heavy atom. The number of aromatic amines is 1. The highest BCUT2D eigenvalue weighted by atomic mass is 32.1. The summed E-state index contributed by atoms with van der Waals surface area (Å²) in [5, 5.41) is 9.41. The second kappa shape index (κ2) is 5.59. The van der Waals surface area contributed by atoms with Gasteiger partial charge in [0.05, 0.1) is 16.9 Å². The number of aryl methyl sites for hydroxylation is 2. The van der Waals surface area contributed by atoms with Crippen LogP contribution in [-0.2, 0) is 12.8 Å². The number of rotatable bonds is 4. The summed E-state index contributed by atoms with van der Waals surface area (Å²) in [5.41, 5.74) is 4.44. The first-order valence-electron chi connectivity index (χ1n) is 7.93. The topological polar surface area (TPSA) is 101 Å². The quantitative estimate of drug-likeness (QED) is 0.583. The number of hydrogen-bond acceptors (Lipinski definition) is 5. The zero-order valence-corrected chi connectivity index (χ0v) is 14.4. The molecule has 0 bridgehead atoms. The average molecular weight is 357 g/mol. The van der Waals surface area contributed by atoms with E-state index in [-0.39, 0.29) is 0 Å². The smallest absolute Gasteiger partial charge is 0.417 e. The van der Waals surface area contributed by atoms with Crippen LogP contribution in [0.25, 0.3) is 27.3 Å².